The minimum Gasteiger partial charge on any atom is -0.391 e. The summed E-state index contributed by atoms with van der Waals surface area (Å²) in [6.45, 7) is 3.01. The van der Waals surface area contributed by atoms with E-state index in [1.54, 1.807) is 16.2 Å². The van der Waals surface area contributed by atoms with Gasteiger partial charge in [-0.15, -0.1) is 11.3 Å². The number of hydrogen-bond acceptors (Lipinski definition) is 4. The van der Waals surface area contributed by atoms with Crippen molar-refractivity contribution in [3.8, 4) is 10.6 Å². The van der Waals surface area contributed by atoms with Crippen LogP contribution in [0, 0.1) is 6.92 Å². The third-order valence-corrected chi connectivity index (χ3v) is 4.44. The largest absolute Gasteiger partial charge is 0.391 e. The quantitative estimate of drug-likeness (QED) is 0.922. The molecule has 3 rings (SSSR count). The second-order valence-corrected chi connectivity index (χ2v) is 5.93. The Morgan fingerprint density at radius 1 is 1.50 bits per heavy atom. The number of aryl methyl sites for hydroxylation is 1. The van der Waals surface area contributed by atoms with Crippen LogP contribution in [-0.2, 0) is 0 Å². The second-order valence-electron chi connectivity index (χ2n) is 5.07. The minimum absolute atomic E-state index is 0.0170. The summed E-state index contributed by atoms with van der Waals surface area (Å²) in [5, 5.41) is 12.5. The molecule has 0 spiro atoms. The zero-order chi connectivity index (χ0) is 14.1. The Bertz CT molecular complexity index is 638. The molecule has 2 aromatic rings. The van der Waals surface area contributed by atoms with Crippen LogP contribution in [0.2, 0.25) is 0 Å². The highest BCUT2D eigenvalue weighted by Crippen LogP contribution is 2.25. The molecule has 5 heteroatoms. The first-order valence-corrected chi connectivity index (χ1v) is 7.51. The predicted molar refractivity (Wildman–Crippen MR) is 78.8 cm³/mol. The van der Waals surface area contributed by atoms with Gasteiger partial charge in [-0.1, -0.05) is 12.1 Å². The number of likely N-dealkylation sites (tertiary alicyclic amines) is 1. The fourth-order valence-electron chi connectivity index (χ4n) is 2.38. The van der Waals surface area contributed by atoms with E-state index in [1.807, 2.05) is 36.6 Å². The van der Waals surface area contributed by atoms with Crippen molar-refractivity contribution in [1.29, 1.82) is 0 Å². The number of rotatable bonds is 2. The molecule has 1 fully saturated rings. The number of benzene rings is 1. The SMILES string of the molecule is Cc1csc(-c2cccc(C(=O)N3CC[C@@H](O)C3)c2)n1. The van der Waals surface area contributed by atoms with Gasteiger partial charge in [0.25, 0.3) is 5.91 Å². The first-order chi connectivity index (χ1) is 9.63. The first-order valence-electron chi connectivity index (χ1n) is 6.63. The number of hydrogen-bond donors (Lipinski definition) is 1. The van der Waals surface area contributed by atoms with E-state index in [1.165, 1.54) is 0 Å². The number of nitrogens with zero attached hydrogens (tertiary/aromatic N) is 2. The molecule has 4 nitrogen and oxygen atoms in total. The molecule has 0 aliphatic carbocycles. The molecule has 0 unspecified atom stereocenters. The Labute approximate surface area is 121 Å². The van der Waals surface area contributed by atoms with E-state index in [-0.39, 0.29) is 12.0 Å². The number of aliphatic hydroxyl groups excluding tert-OH is 1. The average Bonchev–Trinajstić information content (AvgIpc) is 3.07. The van der Waals surface area contributed by atoms with E-state index < -0.39 is 0 Å². The standard InChI is InChI=1S/C15H16N2O2S/c1-10-9-20-14(16-10)11-3-2-4-12(7-11)15(19)17-6-5-13(18)8-17/h2-4,7,9,13,18H,5-6,8H2,1H3/t13-/m1/s1. The van der Waals surface area contributed by atoms with Gasteiger partial charge in [0.05, 0.1) is 6.10 Å². The number of aromatic nitrogens is 1. The van der Waals surface area contributed by atoms with Crippen molar-refractivity contribution in [2.24, 2.45) is 0 Å². The number of thiazole rings is 1. The van der Waals surface area contributed by atoms with Gasteiger partial charge in [-0.05, 0) is 25.5 Å². The van der Waals surface area contributed by atoms with Gasteiger partial charge in [-0.25, -0.2) is 4.98 Å². The maximum atomic E-state index is 12.4. The fraction of sp³-hybridized carbons (Fsp3) is 0.333. The number of carbonyl (C=O) groups excluding carboxylic acids is 1. The maximum Gasteiger partial charge on any atom is 0.253 e. The number of amides is 1. The zero-order valence-corrected chi connectivity index (χ0v) is 12.1. The van der Waals surface area contributed by atoms with Crippen molar-refractivity contribution in [2.45, 2.75) is 19.4 Å². The molecular formula is C15H16N2O2S. The predicted octanol–water partition coefficient (Wildman–Crippen LogP) is 2.33. The Hall–Kier alpha value is -1.72. The lowest BCUT2D eigenvalue weighted by Crippen LogP contribution is -2.29. The summed E-state index contributed by atoms with van der Waals surface area (Å²) in [4.78, 5) is 18.5. The molecule has 0 saturated carbocycles. The summed E-state index contributed by atoms with van der Waals surface area (Å²) < 4.78 is 0. The van der Waals surface area contributed by atoms with Gasteiger partial charge in [-0.3, -0.25) is 4.79 Å². The first kappa shape index (κ1) is 13.3. The van der Waals surface area contributed by atoms with Crippen LogP contribution >= 0.6 is 11.3 Å². The van der Waals surface area contributed by atoms with Gasteiger partial charge in [0.1, 0.15) is 5.01 Å². The summed E-state index contributed by atoms with van der Waals surface area (Å²) in [7, 11) is 0. The minimum atomic E-state index is -0.385. The molecule has 1 aromatic heterocycles. The Morgan fingerprint density at radius 3 is 3.00 bits per heavy atom. The normalized spacial score (nSPS) is 18.5. The molecule has 20 heavy (non-hydrogen) atoms. The molecule has 1 N–H and O–H groups in total. The van der Waals surface area contributed by atoms with E-state index in [4.69, 9.17) is 0 Å². The van der Waals surface area contributed by atoms with Crippen LogP contribution in [0.3, 0.4) is 0 Å². The molecular weight excluding hydrogens is 272 g/mol. The van der Waals surface area contributed by atoms with Gasteiger partial charge in [0, 0.05) is 35.3 Å². The summed E-state index contributed by atoms with van der Waals surface area (Å²) in [5.41, 5.74) is 2.61. The van der Waals surface area contributed by atoms with Gasteiger partial charge in [0.2, 0.25) is 0 Å². The molecule has 2 heterocycles. The van der Waals surface area contributed by atoms with Crippen molar-refractivity contribution >= 4 is 17.2 Å². The van der Waals surface area contributed by atoms with Gasteiger partial charge >= 0.3 is 0 Å². The van der Waals surface area contributed by atoms with E-state index in [9.17, 15) is 9.90 Å². The van der Waals surface area contributed by atoms with Crippen LogP contribution in [0.5, 0.6) is 0 Å². The third kappa shape index (κ3) is 2.59. The fourth-order valence-corrected chi connectivity index (χ4v) is 3.18. The Morgan fingerprint density at radius 2 is 2.35 bits per heavy atom. The molecule has 104 valence electrons. The Kier molecular flexibility index (Phi) is 3.54. The lowest BCUT2D eigenvalue weighted by atomic mass is 10.1. The molecule has 1 aromatic carbocycles. The topological polar surface area (TPSA) is 53.4 Å². The monoisotopic (exact) mass is 288 g/mol. The van der Waals surface area contributed by atoms with Crippen LogP contribution in [0.4, 0.5) is 0 Å². The van der Waals surface area contributed by atoms with Gasteiger partial charge in [0.15, 0.2) is 0 Å². The summed E-state index contributed by atoms with van der Waals surface area (Å²) in [5.74, 6) is -0.0170. The smallest absolute Gasteiger partial charge is 0.253 e. The highest BCUT2D eigenvalue weighted by Gasteiger charge is 2.25. The highest BCUT2D eigenvalue weighted by molar-refractivity contribution is 7.13. The lowest BCUT2D eigenvalue weighted by Gasteiger charge is -2.15. The molecule has 1 saturated heterocycles. The van der Waals surface area contributed by atoms with Crippen LogP contribution < -0.4 is 0 Å². The number of aliphatic hydroxyl groups is 1. The van der Waals surface area contributed by atoms with E-state index in [0.717, 1.165) is 16.3 Å². The summed E-state index contributed by atoms with van der Waals surface area (Å²) >= 11 is 1.58. The lowest BCUT2D eigenvalue weighted by molar-refractivity contribution is 0.0765. The molecule has 0 radical (unpaired) electrons. The van der Waals surface area contributed by atoms with Crippen LogP contribution in [-0.4, -0.2) is 40.1 Å². The van der Waals surface area contributed by atoms with Crippen molar-refractivity contribution in [3.05, 3.63) is 40.9 Å². The van der Waals surface area contributed by atoms with Crippen LogP contribution in [0.15, 0.2) is 29.6 Å². The Balaban J connectivity index is 1.86. The van der Waals surface area contributed by atoms with E-state index in [0.29, 0.717) is 25.1 Å². The van der Waals surface area contributed by atoms with Crippen LogP contribution in [0.25, 0.3) is 10.6 Å². The molecule has 1 atom stereocenters. The van der Waals surface area contributed by atoms with Crippen molar-refractivity contribution < 1.29 is 9.90 Å². The zero-order valence-electron chi connectivity index (χ0n) is 11.2. The van der Waals surface area contributed by atoms with Crippen LogP contribution in [0.1, 0.15) is 22.5 Å². The van der Waals surface area contributed by atoms with Crippen molar-refractivity contribution in [2.75, 3.05) is 13.1 Å². The second kappa shape index (κ2) is 5.34. The summed E-state index contributed by atoms with van der Waals surface area (Å²) in [6, 6.07) is 7.54. The van der Waals surface area contributed by atoms with Gasteiger partial charge in [-0.2, -0.15) is 0 Å². The number of β-amino-alcohol motifs (C(OH)–C–C–N with tert-alkyl or cyclic N) is 1. The van der Waals surface area contributed by atoms with E-state index >= 15 is 0 Å². The summed E-state index contributed by atoms with van der Waals surface area (Å²) in [6.07, 6.45) is 0.278. The average molecular weight is 288 g/mol. The highest BCUT2D eigenvalue weighted by atomic mass is 32.1. The third-order valence-electron chi connectivity index (χ3n) is 3.43. The van der Waals surface area contributed by atoms with Crippen molar-refractivity contribution in [3.63, 3.8) is 0 Å². The number of carbonyl (C=O) groups is 1. The van der Waals surface area contributed by atoms with E-state index in [2.05, 4.69) is 4.98 Å². The molecule has 1 amide bonds. The molecule has 1 aliphatic rings. The molecule has 0 bridgehead atoms. The van der Waals surface area contributed by atoms with Gasteiger partial charge < -0.3 is 10.0 Å². The molecule has 1 aliphatic heterocycles. The maximum absolute atomic E-state index is 12.4. The van der Waals surface area contributed by atoms with Crippen molar-refractivity contribution in [1.82, 2.24) is 9.88 Å².